The molecule has 0 spiro atoms. The summed E-state index contributed by atoms with van der Waals surface area (Å²) in [5, 5.41) is 4.40. The number of aromatic nitrogens is 2. The van der Waals surface area contributed by atoms with Crippen molar-refractivity contribution in [1.29, 1.82) is 0 Å². The molecule has 2 heterocycles. The summed E-state index contributed by atoms with van der Waals surface area (Å²) >= 11 is 0. The predicted octanol–water partition coefficient (Wildman–Crippen LogP) is 1.43. The zero-order valence-electron chi connectivity index (χ0n) is 11.5. The van der Waals surface area contributed by atoms with E-state index in [0.29, 0.717) is 12.3 Å². The van der Waals surface area contributed by atoms with Crippen molar-refractivity contribution in [1.82, 2.24) is 14.7 Å². The number of nitrogens with zero attached hydrogens (tertiary/aromatic N) is 3. The van der Waals surface area contributed by atoms with Crippen LogP contribution in [0, 0.1) is 0 Å². The average Bonchev–Trinajstić information content (AvgIpc) is 2.93. The molecular formula is C13H24N4O. The highest BCUT2D eigenvalue weighted by atomic mass is 16.5. The predicted molar refractivity (Wildman–Crippen MR) is 72.8 cm³/mol. The number of aryl methyl sites for hydroxylation is 2. The molecule has 1 aromatic rings. The molecule has 1 aliphatic rings. The summed E-state index contributed by atoms with van der Waals surface area (Å²) in [5.74, 6) is 0.720. The number of hydrogen-bond acceptors (Lipinski definition) is 4. The topological polar surface area (TPSA) is 56.3 Å². The van der Waals surface area contributed by atoms with E-state index in [4.69, 9.17) is 10.5 Å². The quantitative estimate of drug-likeness (QED) is 0.832. The summed E-state index contributed by atoms with van der Waals surface area (Å²) < 4.78 is 7.54. The first-order valence-electron chi connectivity index (χ1n) is 6.89. The maximum atomic E-state index is 6.06. The molecule has 0 radical (unpaired) electrons. The average molecular weight is 252 g/mol. The van der Waals surface area contributed by atoms with Gasteiger partial charge in [0.2, 0.25) is 5.88 Å². The lowest BCUT2D eigenvalue weighted by atomic mass is 10.2. The number of nitrogen functional groups attached to an aromatic ring is 1. The first kappa shape index (κ1) is 13.2. The van der Waals surface area contributed by atoms with E-state index in [9.17, 15) is 0 Å². The molecule has 2 N–H and O–H groups in total. The molecule has 102 valence electrons. The maximum absolute atomic E-state index is 6.06. The van der Waals surface area contributed by atoms with Gasteiger partial charge in [-0.1, -0.05) is 13.3 Å². The van der Waals surface area contributed by atoms with Crippen molar-refractivity contribution in [3.8, 4) is 5.88 Å². The summed E-state index contributed by atoms with van der Waals surface area (Å²) in [5.41, 5.74) is 7.73. The summed E-state index contributed by atoms with van der Waals surface area (Å²) in [6.45, 7) is 6.20. The van der Waals surface area contributed by atoms with Crippen LogP contribution in [0.15, 0.2) is 0 Å². The van der Waals surface area contributed by atoms with Gasteiger partial charge in [0.1, 0.15) is 12.3 Å². The third-order valence-corrected chi connectivity index (χ3v) is 3.44. The van der Waals surface area contributed by atoms with E-state index in [-0.39, 0.29) is 0 Å². The van der Waals surface area contributed by atoms with Crippen LogP contribution < -0.4 is 10.5 Å². The van der Waals surface area contributed by atoms with E-state index < -0.39 is 0 Å². The van der Waals surface area contributed by atoms with E-state index in [1.54, 1.807) is 4.68 Å². The molecule has 1 fully saturated rings. The number of nitrogens with two attached hydrogens (primary N) is 1. The van der Waals surface area contributed by atoms with E-state index in [1.165, 1.54) is 25.9 Å². The van der Waals surface area contributed by atoms with Crippen molar-refractivity contribution in [3.05, 3.63) is 5.69 Å². The molecule has 0 atom stereocenters. The van der Waals surface area contributed by atoms with Crippen LogP contribution >= 0.6 is 0 Å². The number of rotatable bonds is 6. The van der Waals surface area contributed by atoms with Gasteiger partial charge in [0.25, 0.3) is 0 Å². The first-order chi connectivity index (χ1) is 8.72. The Bertz CT molecular complexity index is 383. The normalized spacial score (nSPS) is 16.3. The molecule has 5 heteroatoms. The Kier molecular flexibility index (Phi) is 4.47. The van der Waals surface area contributed by atoms with Crippen LogP contribution in [0.5, 0.6) is 5.88 Å². The Hall–Kier alpha value is -1.23. The molecule has 0 saturated carbocycles. The van der Waals surface area contributed by atoms with Gasteiger partial charge < -0.3 is 10.5 Å². The minimum Gasteiger partial charge on any atom is -0.475 e. The lowest BCUT2D eigenvalue weighted by Crippen LogP contribution is -2.25. The molecule has 2 rings (SSSR count). The number of ether oxygens (including phenoxy) is 1. The van der Waals surface area contributed by atoms with Gasteiger partial charge >= 0.3 is 0 Å². The standard InChI is InChI=1S/C13H24N4O/c1-3-6-11-12(14)13(16(2)15-11)18-10-9-17-7-4-5-8-17/h3-10,14H2,1-2H3. The zero-order chi connectivity index (χ0) is 13.0. The van der Waals surface area contributed by atoms with Crippen LogP contribution in [-0.2, 0) is 13.5 Å². The summed E-state index contributed by atoms with van der Waals surface area (Å²) in [6.07, 6.45) is 4.59. The van der Waals surface area contributed by atoms with Crippen LogP contribution in [0.4, 0.5) is 5.69 Å². The van der Waals surface area contributed by atoms with Crippen LogP contribution in [0.25, 0.3) is 0 Å². The van der Waals surface area contributed by atoms with Gasteiger partial charge in [0.05, 0.1) is 5.69 Å². The molecule has 0 aliphatic carbocycles. The largest absolute Gasteiger partial charge is 0.475 e. The van der Waals surface area contributed by atoms with Crippen molar-refractivity contribution in [3.63, 3.8) is 0 Å². The SMILES string of the molecule is CCCc1nn(C)c(OCCN2CCCC2)c1N. The smallest absolute Gasteiger partial charge is 0.235 e. The maximum Gasteiger partial charge on any atom is 0.235 e. The minimum atomic E-state index is 0.690. The van der Waals surface area contributed by atoms with Crippen LogP contribution in [-0.4, -0.2) is 40.9 Å². The molecule has 18 heavy (non-hydrogen) atoms. The second-order valence-corrected chi connectivity index (χ2v) is 4.94. The van der Waals surface area contributed by atoms with Gasteiger partial charge in [0.15, 0.2) is 0 Å². The van der Waals surface area contributed by atoms with Crippen LogP contribution in [0.3, 0.4) is 0 Å². The van der Waals surface area contributed by atoms with Gasteiger partial charge in [-0.15, -0.1) is 0 Å². The number of likely N-dealkylation sites (tertiary alicyclic amines) is 1. The first-order valence-corrected chi connectivity index (χ1v) is 6.89. The monoisotopic (exact) mass is 252 g/mol. The third kappa shape index (κ3) is 2.96. The molecule has 1 aliphatic heterocycles. The Morgan fingerprint density at radius 1 is 1.33 bits per heavy atom. The van der Waals surface area contributed by atoms with Crippen molar-refractivity contribution < 1.29 is 4.74 Å². The molecular weight excluding hydrogens is 228 g/mol. The van der Waals surface area contributed by atoms with E-state index >= 15 is 0 Å². The molecule has 0 amide bonds. The molecule has 1 saturated heterocycles. The molecule has 5 nitrogen and oxygen atoms in total. The van der Waals surface area contributed by atoms with Crippen molar-refractivity contribution >= 4 is 5.69 Å². The molecule has 0 aromatic carbocycles. The Morgan fingerprint density at radius 2 is 2.06 bits per heavy atom. The Labute approximate surface area is 109 Å². The van der Waals surface area contributed by atoms with Gasteiger partial charge in [-0.25, -0.2) is 4.68 Å². The van der Waals surface area contributed by atoms with Gasteiger partial charge in [0, 0.05) is 13.6 Å². The molecule has 1 aromatic heterocycles. The van der Waals surface area contributed by atoms with Gasteiger partial charge in [-0.05, 0) is 32.4 Å². The second kappa shape index (κ2) is 6.09. The Balaban J connectivity index is 1.87. The van der Waals surface area contributed by atoms with Crippen molar-refractivity contribution in [2.45, 2.75) is 32.6 Å². The van der Waals surface area contributed by atoms with Gasteiger partial charge in [-0.3, -0.25) is 4.90 Å². The highest BCUT2D eigenvalue weighted by Gasteiger charge is 2.15. The fourth-order valence-electron chi connectivity index (χ4n) is 2.45. The molecule has 0 unspecified atom stereocenters. The van der Waals surface area contributed by atoms with Crippen LogP contribution in [0.2, 0.25) is 0 Å². The highest BCUT2D eigenvalue weighted by molar-refractivity contribution is 5.53. The van der Waals surface area contributed by atoms with Crippen LogP contribution in [0.1, 0.15) is 31.9 Å². The summed E-state index contributed by atoms with van der Waals surface area (Å²) in [6, 6.07) is 0. The zero-order valence-corrected chi connectivity index (χ0v) is 11.5. The summed E-state index contributed by atoms with van der Waals surface area (Å²) in [7, 11) is 1.89. The number of anilines is 1. The molecule has 0 bridgehead atoms. The van der Waals surface area contributed by atoms with Gasteiger partial charge in [-0.2, -0.15) is 5.10 Å². The lowest BCUT2D eigenvalue weighted by molar-refractivity contribution is 0.226. The fourth-order valence-corrected chi connectivity index (χ4v) is 2.45. The third-order valence-electron chi connectivity index (χ3n) is 3.44. The Morgan fingerprint density at radius 3 is 2.72 bits per heavy atom. The highest BCUT2D eigenvalue weighted by Crippen LogP contribution is 2.25. The second-order valence-electron chi connectivity index (χ2n) is 4.94. The lowest BCUT2D eigenvalue weighted by Gasteiger charge is -2.15. The van der Waals surface area contributed by atoms with Crippen molar-refractivity contribution in [2.24, 2.45) is 7.05 Å². The van der Waals surface area contributed by atoms with E-state index in [0.717, 1.165) is 31.0 Å². The van der Waals surface area contributed by atoms with Crippen molar-refractivity contribution in [2.75, 3.05) is 32.0 Å². The minimum absolute atomic E-state index is 0.690. The van der Waals surface area contributed by atoms with E-state index in [1.807, 2.05) is 7.05 Å². The fraction of sp³-hybridized carbons (Fsp3) is 0.769. The van der Waals surface area contributed by atoms with E-state index in [2.05, 4.69) is 16.9 Å². The number of hydrogen-bond donors (Lipinski definition) is 1. The summed E-state index contributed by atoms with van der Waals surface area (Å²) in [4.78, 5) is 2.43.